The van der Waals surface area contributed by atoms with E-state index in [1.165, 1.54) is 6.42 Å². The van der Waals surface area contributed by atoms with Crippen molar-refractivity contribution in [2.45, 2.75) is 26.3 Å². The van der Waals surface area contributed by atoms with Crippen molar-refractivity contribution >= 4 is 11.7 Å². The van der Waals surface area contributed by atoms with Gasteiger partial charge < -0.3 is 15.5 Å². The van der Waals surface area contributed by atoms with Crippen molar-refractivity contribution in [3.05, 3.63) is 29.8 Å². The zero-order valence-corrected chi connectivity index (χ0v) is 11.8. The molecule has 1 aromatic carbocycles. The van der Waals surface area contributed by atoms with Gasteiger partial charge in [-0.25, -0.2) is 4.79 Å². The van der Waals surface area contributed by atoms with E-state index in [0.717, 1.165) is 30.8 Å². The quantitative estimate of drug-likeness (QED) is 0.832. The van der Waals surface area contributed by atoms with Crippen LogP contribution < -0.4 is 5.73 Å². The van der Waals surface area contributed by atoms with Gasteiger partial charge in [-0.05, 0) is 36.5 Å². The lowest BCUT2D eigenvalue weighted by atomic mass is 10.0. The van der Waals surface area contributed by atoms with Gasteiger partial charge in [0.05, 0.1) is 0 Å². The van der Waals surface area contributed by atoms with Gasteiger partial charge in [-0.1, -0.05) is 19.1 Å². The number of nitrogen functional groups attached to an aromatic ring is 1. The molecule has 1 aromatic rings. The largest absolute Gasteiger partial charge is 0.399 e. The summed E-state index contributed by atoms with van der Waals surface area (Å²) in [4.78, 5) is 16.1. The highest BCUT2D eigenvalue weighted by molar-refractivity contribution is 5.74. The Balaban J connectivity index is 1.95. The van der Waals surface area contributed by atoms with Gasteiger partial charge in [0.25, 0.3) is 0 Å². The van der Waals surface area contributed by atoms with Crippen LogP contribution in [0.15, 0.2) is 24.3 Å². The third-order valence-electron chi connectivity index (χ3n) is 3.62. The first-order chi connectivity index (χ1) is 9.06. The predicted molar refractivity (Wildman–Crippen MR) is 77.7 cm³/mol. The smallest absolute Gasteiger partial charge is 0.320 e. The number of urea groups is 1. The molecular weight excluding hydrogens is 238 g/mol. The van der Waals surface area contributed by atoms with Gasteiger partial charge in [0.2, 0.25) is 0 Å². The third kappa shape index (κ3) is 3.63. The van der Waals surface area contributed by atoms with Gasteiger partial charge in [-0.2, -0.15) is 0 Å². The number of likely N-dealkylation sites (tertiary alicyclic amines) is 1. The minimum absolute atomic E-state index is 0.119. The lowest BCUT2D eigenvalue weighted by Crippen LogP contribution is -2.45. The zero-order chi connectivity index (χ0) is 13.8. The molecule has 0 aliphatic carbocycles. The molecule has 1 heterocycles. The second kappa shape index (κ2) is 5.95. The molecular formula is C15H23N3O. The summed E-state index contributed by atoms with van der Waals surface area (Å²) in [6.07, 6.45) is 2.34. The summed E-state index contributed by atoms with van der Waals surface area (Å²) in [6, 6.07) is 7.82. The first kappa shape index (κ1) is 13.7. The Bertz CT molecular complexity index is 447. The molecule has 4 nitrogen and oxygen atoms in total. The summed E-state index contributed by atoms with van der Waals surface area (Å²) in [5.74, 6) is 0.610. The molecule has 2 rings (SSSR count). The number of carbonyl (C=O) groups is 1. The second-order valence-electron chi connectivity index (χ2n) is 5.58. The molecule has 0 spiro atoms. The maximum Gasteiger partial charge on any atom is 0.320 e. The molecule has 104 valence electrons. The van der Waals surface area contributed by atoms with Crippen molar-refractivity contribution in [1.82, 2.24) is 9.80 Å². The first-order valence-electron chi connectivity index (χ1n) is 6.90. The molecule has 0 aromatic heterocycles. The van der Waals surface area contributed by atoms with Crippen LogP contribution in [0, 0.1) is 5.92 Å². The van der Waals surface area contributed by atoms with E-state index in [1.54, 1.807) is 4.90 Å². The van der Waals surface area contributed by atoms with Crippen molar-refractivity contribution < 1.29 is 4.79 Å². The van der Waals surface area contributed by atoms with Gasteiger partial charge in [0.15, 0.2) is 0 Å². The van der Waals surface area contributed by atoms with Gasteiger partial charge >= 0.3 is 6.03 Å². The van der Waals surface area contributed by atoms with Crippen molar-refractivity contribution in [3.8, 4) is 0 Å². The van der Waals surface area contributed by atoms with E-state index in [4.69, 9.17) is 5.73 Å². The number of benzene rings is 1. The number of carbonyl (C=O) groups excluding carboxylic acids is 1. The SMILES string of the molecule is CC1CCCN(C(=O)N(C)Cc2cccc(N)c2)C1. The summed E-state index contributed by atoms with van der Waals surface area (Å²) in [7, 11) is 1.85. The van der Waals surface area contributed by atoms with Gasteiger partial charge in [-0.15, -0.1) is 0 Å². The molecule has 1 saturated heterocycles. The molecule has 2 N–H and O–H groups in total. The summed E-state index contributed by atoms with van der Waals surface area (Å²) in [6.45, 7) is 4.57. The normalized spacial score (nSPS) is 19.3. The molecule has 4 heteroatoms. The molecule has 1 fully saturated rings. The lowest BCUT2D eigenvalue weighted by Gasteiger charge is -2.34. The molecule has 1 aliphatic rings. The van der Waals surface area contributed by atoms with Crippen LogP contribution in [-0.4, -0.2) is 36.0 Å². The van der Waals surface area contributed by atoms with Crippen molar-refractivity contribution in [2.75, 3.05) is 25.9 Å². The predicted octanol–water partition coefficient (Wildman–Crippen LogP) is 2.55. The fraction of sp³-hybridized carbons (Fsp3) is 0.533. The first-order valence-corrected chi connectivity index (χ1v) is 6.90. The Morgan fingerprint density at radius 3 is 3.00 bits per heavy atom. The third-order valence-corrected chi connectivity index (χ3v) is 3.62. The fourth-order valence-electron chi connectivity index (χ4n) is 2.64. The van der Waals surface area contributed by atoms with E-state index < -0.39 is 0 Å². The van der Waals surface area contributed by atoms with E-state index in [1.807, 2.05) is 36.2 Å². The standard InChI is InChI=1S/C15H23N3O/c1-12-5-4-8-18(10-12)15(19)17(2)11-13-6-3-7-14(16)9-13/h3,6-7,9,12H,4-5,8,10-11,16H2,1-2H3. The molecule has 2 amide bonds. The van der Waals surface area contributed by atoms with Gasteiger partial charge in [0, 0.05) is 32.4 Å². The highest BCUT2D eigenvalue weighted by Crippen LogP contribution is 2.17. The number of nitrogens with two attached hydrogens (primary N) is 1. The van der Waals surface area contributed by atoms with Crippen LogP contribution in [-0.2, 0) is 6.54 Å². The molecule has 1 aliphatic heterocycles. The maximum atomic E-state index is 12.4. The van der Waals surface area contributed by atoms with Crippen LogP contribution >= 0.6 is 0 Å². The van der Waals surface area contributed by atoms with Gasteiger partial charge in [0.1, 0.15) is 0 Å². The van der Waals surface area contributed by atoms with Crippen molar-refractivity contribution in [3.63, 3.8) is 0 Å². The van der Waals surface area contributed by atoms with Crippen LogP contribution in [0.4, 0.5) is 10.5 Å². The van der Waals surface area contributed by atoms with E-state index in [2.05, 4.69) is 6.92 Å². The van der Waals surface area contributed by atoms with Crippen molar-refractivity contribution in [1.29, 1.82) is 0 Å². The van der Waals surface area contributed by atoms with Crippen molar-refractivity contribution in [2.24, 2.45) is 5.92 Å². The number of amides is 2. The zero-order valence-electron chi connectivity index (χ0n) is 11.8. The van der Waals surface area contributed by atoms with Crippen LogP contribution in [0.2, 0.25) is 0 Å². The number of hydrogen-bond donors (Lipinski definition) is 1. The van der Waals surface area contributed by atoms with Crippen LogP contribution in [0.3, 0.4) is 0 Å². The number of nitrogens with zero attached hydrogens (tertiary/aromatic N) is 2. The average molecular weight is 261 g/mol. The second-order valence-corrected chi connectivity index (χ2v) is 5.58. The molecule has 1 unspecified atom stereocenters. The molecule has 19 heavy (non-hydrogen) atoms. The highest BCUT2D eigenvalue weighted by Gasteiger charge is 2.23. The monoisotopic (exact) mass is 261 g/mol. The van der Waals surface area contributed by atoms with Crippen LogP contribution in [0.5, 0.6) is 0 Å². The number of hydrogen-bond acceptors (Lipinski definition) is 2. The van der Waals surface area contributed by atoms with E-state index >= 15 is 0 Å². The highest BCUT2D eigenvalue weighted by atomic mass is 16.2. The maximum absolute atomic E-state index is 12.4. The Hall–Kier alpha value is -1.71. The Morgan fingerprint density at radius 2 is 2.32 bits per heavy atom. The Labute approximate surface area is 115 Å². The topological polar surface area (TPSA) is 49.6 Å². The summed E-state index contributed by atoms with van der Waals surface area (Å²) in [5.41, 5.74) is 7.57. The molecule has 0 radical (unpaired) electrons. The minimum Gasteiger partial charge on any atom is -0.399 e. The van der Waals surface area contributed by atoms with E-state index in [0.29, 0.717) is 12.5 Å². The fourth-order valence-corrected chi connectivity index (χ4v) is 2.64. The molecule has 0 bridgehead atoms. The van der Waals surface area contributed by atoms with Gasteiger partial charge in [-0.3, -0.25) is 0 Å². The number of anilines is 1. The summed E-state index contributed by atoms with van der Waals surface area (Å²) < 4.78 is 0. The van der Waals surface area contributed by atoms with Crippen LogP contribution in [0.1, 0.15) is 25.3 Å². The van der Waals surface area contributed by atoms with E-state index in [9.17, 15) is 4.79 Å². The number of piperidine rings is 1. The Kier molecular flexibility index (Phi) is 4.30. The summed E-state index contributed by atoms with van der Waals surface area (Å²) >= 11 is 0. The van der Waals surface area contributed by atoms with E-state index in [-0.39, 0.29) is 6.03 Å². The number of rotatable bonds is 2. The Morgan fingerprint density at radius 1 is 1.53 bits per heavy atom. The molecule has 0 saturated carbocycles. The molecule has 1 atom stereocenters. The minimum atomic E-state index is 0.119. The lowest BCUT2D eigenvalue weighted by molar-refractivity contribution is 0.137. The summed E-state index contributed by atoms with van der Waals surface area (Å²) in [5, 5.41) is 0. The average Bonchev–Trinajstić information content (AvgIpc) is 2.38. The van der Waals surface area contributed by atoms with Crippen LogP contribution in [0.25, 0.3) is 0 Å².